The molecule has 0 saturated heterocycles. The maximum atomic E-state index is 12.4. The molecule has 0 atom stereocenters. The van der Waals surface area contributed by atoms with E-state index in [1.54, 1.807) is 48.5 Å². The quantitative estimate of drug-likeness (QED) is 0.616. The minimum Gasteiger partial charge on any atom is -0.352 e. The second-order valence-electron chi connectivity index (χ2n) is 6.75. The molecule has 0 spiro atoms. The Balaban J connectivity index is 1.92. The van der Waals surface area contributed by atoms with Crippen molar-refractivity contribution < 1.29 is 14.4 Å². The zero-order valence-corrected chi connectivity index (χ0v) is 16.1. The van der Waals surface area contributed by atoms with Crippen LogP contribution in [0, 0.1) is 5.92 Å². The van der Waals surface area contributed by atoms with Crippen LogP contribution in [0.1, 0.15) is 40.1 Å². The van der Waals surface area contributed by atoms with Gasteiger partial charge in [0.2, 0.25) is 5.91 Å². The SMILES string of the molecule is C=CC(=O)NCc1ccc(C(=O)Nc2ccc(C(=O)NCC(C)C)cc2)cc1. The lowest BCUT2D eigenvalue weighted by atomic mass is 10.1. The summed E-state index contributed by atoms with van der Waals surface area (Å²) in [6.07, 6.45) is 1.21. The second-order valence-corrected chi connectivity index (χ2v) is 6.75. The smallest absolute Gasteiger partial charge is 0.255 e. The molecule has 0 radical (unpaired) electrons. The lowest BCUT2D eigenvalue weighted by Gasteiger charge is -2.09. The molecule has 0 fully saturated rings. The largest absolute Gasteiger partial charge is 0.352 e. The number of carbonyl (C=O) groups excluding carboxylic acids is 3. The molecule has 0 unspecified atom stereocenters. The summed E-state index contributed by atoms with van der Waals surface area (Å²) >= 11 is 0. The molecule has 2 aromatic carbocycles. The topological polar surface area (TPSA) is 87.3 Å². The fourth-order valence-electron chi connectivity index (χ4n) is 2.34. The van der Waals surface area contributed by atoms with Gasteiger partial charge in [0.15, 0.2) is 0 Å². The first-order valence-corrected chi connectivity index (χ1v) is 9.08. The molecule has 0 saturated carbocycles. The maximum Gasteiger partial charge on any atom is 0.255 e. The minimum absolute atomic E-state index is 0.134. The van der Waals surface area contributed by atoms with Gasteiger partial charge in [-0.3, -0.25) is 14.4 Å². The van der Waals surface area contributed by atoms with E-state index in [2.05, 4.69) is 22.5 Å². The van der Waals surface area contributed by atoms with E-state index in [1.807, 2.05) is 13.8 Å². The molecule has 28 heavy (non-hydrogen) atoms. The molecular formula is C22H25N3O3. The molecule has 0 heterocycles. The summed E-state index contributed by atoms with van der Waals surface area (Å²) in [7, 11) is 0. The summed E-state index contributed by atoms with van der Waals surface area (Å²) < 4.78 is 0. The normalized spacial score (nSPS) is 10.2. The van der Waals surface area contributed by atoms with Crippen molar-refractivity contribution in [3.63, 3.8) is 0 Å². The highest BCUT2D eigenvalue weighted by Crippen LogP contribution is 2.12. The van der Waals surface area contributed by atoms with Crippen molar-refractivity contribution in [1.29, 1.82) is 0 Å². The summed E-state index contributed by atoms with van der Waals surface area (Å²) in [6.45, 7) is 8.44. The number of nitrogens with one attached hydrogen (secondary N) is 3. The summed E-state index contributed by atoms with van der Waals surface area (Å²) in [4.78, 5) is 35.6. The van der Waals surface area contributed by atoms with E-state index < -0.39 is 0 Å². The van der Waals surface area contributed by atoms with E-state index in [9.17, 15) is 14.4 Å². The van der Waals surface area contributed by atoms with Crippen LogP contribution in [-0.2, 0) is 11.3 Å². The summed E-state index contributed by atoms with van der Waals surface area (Å²) in [5.74, 6) is -0.250. The number of carbonyl (C=O) groups is 3. The van der Waals surface area contributed by atoms with Crippen LogP contribution < -0.4 is 16.0 Å². The first-order chi connectivity index (χ1) is 13.4. The summed E-state index contributed by atoms with van der Waals surface area (Å²) in [5.41, 5.74) is 2.53. The predicted molar refractivity (Wildman–Crippen MR) is 110 cm³/mol. The Morgan fingerprint density at radius 1 is 0.893 bits per heavy atom. The van der Waals surface area contributed by atoms with Crippen LogP contribution in [-0.4, -0.2) is 24.3 Å². The van der Waals surface area contributed by atoms with Crippen LogP contribution >= 0.6 is 0 Å². The van der Waals surface area contributed by atoms with Gasteiger partial charge < -0.3 is 16.0 Å². The van der Waals surface area contributed by atoms with Crippen molar-refractivity contribution in [2.45, 2.75) is 20.4 Å². The Kier molecular flexibility index (Phi) is 7.51. The number of benzene rings is 2. The molecule has 0 aliphatic rings. The molecule has 6 nitrogen and oxygen atoms in total. The van der Waals surface area contributed by atoms with E-state index in [1.165, 1.54) is 6.08 Å². The highest BCUT2D eigenvalue weighted by Gasteiger charge is 2.09. The van der Waals surface area contributed by atoms with Crippen molar-refractivity contribution >= 4 is 23.4 Å². The standard InChI is InChI=1S/C22H25N3O3/c1-4-20(26)23-14-16-5-7-18(8-6-16)22(28)25-19-11-9-17(10-12-19)21(27)24-13-15(2)3/h4-12,15H,1,13-14H2,2-3H3,(H,23,26)(H,24,27)(H,25,28). The third-order valence-corrected chi connectivity index (χ3v) is 3.94. The van der Waals surface area contributed by atoms with Gasteiger partial charge in [0.05, 0.1) is 0 Å². The Labute approximate surface area is 165 Å². The monoisotopic (exact) mass is 379 g/mol. The number of hydrogen-bond donors (Lipinski definition) is 3. The van der Waals surface area contributed by atoms with Crippen LogP contribution in [0.2, 0.25) is 0 Å². The second kappa shape index (κ2) is 10.1. The Morgan fingerprint density at radius 3 is 2.04 bits per heavy atom. The molecule has 3 N–H and O–H groups in total. The number of hydrogen-bond acceptors (Lipinski definition) is 3. The van der Waals surface area contributed by atoms with E-state index in [0.29, 0.717) is 35.8 Å². The van der Waals surface area contributed by atoms with Gasteiger partial charge >= 0.3 is 0 Å². The van der Waals surface area contributed by atoms with Crippen molar-refractivity contribution in [1.82, 2.24) is 10.6 Å². The maximum absolute atomic E-state index is 12.4. The van der Waals surface area contributed by atoms with Crippen LogP contribution in [0.15, 0.2) is 61.2 Å². The molecule has 0 aliphatic carbocycles. The number of anilines is 1. The Hall–Kier alpha value is -3.41. The third-order valence-electron chi connectivity index (χ3n) is 3.94. The van der Waals surface area contributed by atoms with Gasteiger partial charge in [0, 0.05) is 29.9 Å². The minimum atomic E-state index is -0.251. The van der Waals surface area contributed by atoms with Gasteiger partial charge in [-0.15, -0.1) is 0 Å². The van der Waals surface area contributed by atoms with Gasteiger partial charge in [0.1, 0.15) is 0 Å². The van der Waals surface area contributed by atoms with Crippen LogP contribution in [0.25, 0.3) is 0 Å². The van der Waals surface area contributed by atoms with Gasteiger partial charge in [-0.1, -0.05) is 32.6 Å². The lowest BCUT2D eigenvalue weighted by Crippen LogP contribution is -2.27. The van der Waals surface area contributed by atoms with E-state index in [4.69, 9.17) is 0 Å². The van der Waals surface area contributed by atoms with Crippen molar-refractivity contribution in [2.24, 2.45) is 5.92 Å². The van der Waals surface area contributed by atoms with Crippen molar-refractivity contribution in [3.8, 4) is 0 Å². The molecule has 3 amide bonds. The van der Waals surface area contributed by atoms with E-state index >= 15 is 0 Å². The average Bonchev–Trinajstić information content (AvgIpc) is 2.71. The molecule has 0 aromatic heterocycles. The highest BCUT2D eigenvalue weighted by molar-refractivity contribution is 6.04. The zero-order chi connectivity index (χ0) is 20.5. The van der Waals surface area contributed by atoms with Crippen molar-refractivity contribution in [2.75, 3.05) is 11.9 Å². The average molecular weight is 379 g/mol. The van der Waals surface area contributed by atoms with Gasteiger partial charge in [-0.2, -0.15) is 0 Å². The Morgan fingerprint density at radius 2 is 1.46 bits per heavy atom. The van der Waals surface area contributed by atoms with E-state index in [-0.39, 0.29) is 17.7 Å². The van der Waals surface area contributed by atoms with Gasteiger partial charge in [0.25, 0.3) is 11.8 Å². The lowest BCUT2D eigenvalue weighted by molar-refractivity contribution is -0.116. The van der Waals surface area contributed by atoms with Gasteiger partial charge in [-0.05, 0) is 54.0 Å². The first kappa shape index (κ1) is 20.9. The Bertz CT molecular complexity index is 840. The molecule has 146 valence electrons. The fraction of sp³-hybridized carbons (Fsp3) is 0.227. The predicted octanol–water partition coefficient (Wildman–Crippen LogP) is 3.13. The first-order valence-electron chi connectivity index (χ1n) is 9.08. The highest BCUT2D eigenvalue weighted by atomic mass is 16.2. The van der Waals surface area contributed by atoms with Crippen LogP contribution in [0.5, 0.6) is 0 Å². The summed E-state index contributed by atoms with van der Waals surface area (Å²) in [5, 5.41) is 8.33. The number of amides is 3. The summed E-state index contributed by atoms with van der Waals surface area (Å²) in [6, 6.07) is 13.7. The van der Waals surface area contributed by atoms with E-state index in [0.717, 1.165) is 5.56 Å². The van der Waals surface area contributed by atoms with Crippen LogP contribution in [0.4, 0.5) is 5.69 Å². The van der Waals surface area contributed by atoms with Crippen LogP contribution in [0.3, 0.4) is 0 Å². The molecule has 6 heteroatoms. The third kappa shape index (κ3) is 6.39. The van der Waals surface area contributed by atoms with Crippen molar-refractivity contribution in [3.05, 3.63) is 77.9 Å². The van der Waals surface area contributed by atoms with Gasteiger partial charge in [-0.25, -0.2) is 0 Å². The molecule has 2 rings (SSSR count). The molecule has 0 aliphatic heterocycles. The molecular weight excluding hydrogens is 354 g/mol. The molecule has 0 bridgehead atoms. The fourth-order valence-corrected chi connectivity index (χ4v) is 2.34. The number of rotatable bonds is 8. The zero-order valence-electron chi connectivity index (χ0n) is 16.1. The molecule has 2 aromatic rings.